The molecule has 2 amide bonds. The standard InChI is InChI=1S/C16H17BrN4O3/c1-10(22)19-12-6-4-5-11(7-12)15(23)20-18-9-13-8-14(17)16(24-13)21(2)3/h4-9H,1-3H3,(H,19,22)(H,20,23)/b18-9-. The highest BCUT2D eigenvalue weighted by atomic mass is 79.9. The maximum Gasteiger partial charge on any atom is 0.271 e. The molecule has 0 unspecified atom stereocenters. The van der Waals surface area contributed by atoms with Gasteiger partial charge in [0.2, 0.25) is 11.8 Å². The normalized spacial score (nSPS) is 10.7. The van der Waals surface area contributed by atoms with Crippen molar-refractivity contribution in [2.75, 3.05) is 24.3 Å². The van der Waals surface area contributed by atoms with Crippen LogP contribution in [0.15, 0.2) is 44.3 Å². The van der Waals surface area contributed by atoms with Gasteiger partial charge in [-0.3, -0.25) is 9.59 Å². The van der Waals surface area contributed by atoms with Gasteiger partial charge in [-0.2, -0.15) is 5.10 Å². The summed E-state index contributed by atoms with van der Waals surface area (Å²) < 4.78 is 6.35. The lowest BCUT2D eigenvalue weighted by atomic mass is 10.2. The highest BCUT2D eigenvalue weighted by molar-refractivity contribution is 9.10. The van der Waals surface area contributed by atoms with Crippen molar-refractivity contribution < 1.29 is 14.0 Å². The van der Waals surface area contributed by atoms with E-state index in [1.54, 1.807) is 30.3 Å². The summed E-state index contributed by atoms with van der Waals surface area (Å²) in [4.78, 5) is 24.9. The van der Waals surface area contributed by atoms with Crippen molar-refractivity contribution in [3.63, 3.8) is 0 Å². The second-order valence-electron chi connectivity index (χ2n) is 5.16. The van der Waals surface area contributed by atoms with Crippen LogP contribution in [0.2, 0.25) is 0 Å². The van der Waals surface area contributed by atoms with E-state index in [1.165, 1.54) is 13.1 Å². The number of hydrazone groups is 1. The topological polar surface area (TPSA) is 86.9 Å². The van der Waals surface area contributed by atoms with E-state index in [-0.39, 0.29) is 5.91 Å². The van der Waals surface area contributed by atoms with Crippen LogP contribution in [0.25, 0.3) is 0 Å². The van der Waals surface area contributed by atoms with Gasteiger partial charge in [-0.25, -0.2) is 5.43 Å². The van der Waals surface area contributed by atoms with Crippen LogP contribution < -0.4 is 15.6 Å². The minimum absolute atomic E-state index is 0.203. The van der Waals surface area contributed by atoms with Crippen LogP contribution >= 0.6 is 15.9 Å². The van der Waals surface area contributed by atoms with Crippen molar-refractivity contribution >= 4 is 45.5 Å². The zero-order valence-corrected chi connectivity index (χ0v) is 15.0. The van der Waals surface area contributed by atoms with E-state index in [2.05, 4.69) is 31.8 Å². The highest BCUT2D eigenvalue weighted by Crippen LogP contribution is 2.27. The van der Waals surface area contributed by atoms with Gasteiger partial charge >= 0.3 is 0 Å². The molecule has 0 aliphatic rings. The third-order valence-corrected chi connectivity index (χ3v) is 3.47. The van der Waals surface area contributed by atoms with E-state index < -0.39 is 5.91 Å². The molecule has 1 aromatic heterocycles. The van der Waals surface area contributed by atoms with E-state index in [4.69, 9.17) is 4.42 Å². The number of rotatable bonds is 5. The molecular weight excluding hydrogens is 376 g/mol. The molecule has 0 atom stereocenters. The maximum absolute atomic E-state index is 12.1. The number of carbonyl (C=O) groups excluding carboxylic acids is 2. The van der Waals surface area contributed by atoms with Crippen molar-refractivity contribution in [2.45, 2.75) is 6.92 Å². The predicted octanol–water partition coefficient (Wildman–Crippen LogP) is 2.83. The number of hydrogen-bond donors (Lipinski definition) is 2. The minimum atomic E-state index is -0.392. The third-order valence-electron chi connectivity index (χ3n) is 2.90. The number of carbonyl (C=O) groups is 2. The molecule has 0 aliphatic heterocycles. The number of nitrogens with zero attached hydrogens (tertiary/aromatic N) is 2. The summed E-state index contributed by atoms with van der Waals surface area (Å²) in [6.07, 6.45) is 1.41. The van der Waals surface area contributed by atoms with Gasteiger partial charge in [0.1, 0.15) is 0 Å². The van der Waals surface area contributed by atoms with Gasteiger partial charge in [0, 0.05) is 38.3 Å². The fraction of sp³-hybridized carbons (Fsp3) is 0.188. The second-order valence-corrected chi connectivity index (χ2v) is 6.01. The summed E-state index contributed by atoms with van der Waals surface area (Å²) in [5, 5.41) is 6.50. The summed E-state index contributed by atoms with van der Waals surface area (Å²) in [5.41, 5.74) is 3.34. The quantitative estimate of drug-likeness (QED) is 0.604. The molecule has 2 aromatic rings. The number of amides is 2. The lowest BCUT2D eigenvalue weighted by Crippen LogP contribution is -2.18. The van der Waals surface area contributed by atoms with Gasteiger partial charge in [-0.1, -0.05) is 6.07 Å². The van der Waals surface area contributed by atoms with Crippen molar-refractivity contribution in [2.24, 2.45) is 5.10 Å². The molecule has 2 N–H and O–H groups in total. The largest absolute Gasteiger partial charge is 0.438 e. The summed E-state index contributed by atoms with van der Waals surface area (Å²) in [5.74, 6) is 0.561. The van der Waals surface area contributed by atoms with Crippen LogP contribution in [-0.2, 0) is 4.79 Å². The van der Waals surface area contributed by atoms with Gasteiger partial charge < -0.3 is 14.6 Å². The number of furan rings is 1. The Bertz CT molecular complexity index is 783. The van der Waals surface area contributed by atoms with Gasteiger partial charge in [0.05, 0.1) is 10.7 Å². The Morgan fingerprint density at radius 1 is 1.29 bits per heavy atom. The molecule has 0 fully saturated rings. The van der Waals surface area contributed by atoms with E-state index in [0.29, 0.717) is 22.9 Å². The molecule has 1 heterocycles. The Labute approximate surface area is 147 Å². The number of benzene rings is 1. The Morgan fingerprint density at radius 3 is 2.67 bits per heavy atom. The lowest BCUT2D eigenvalue weighted by molar-refractivity contribution is -0.114. The van der Waals surface area contributed by atoms with Gasteiger partial charge in [0.25, 0.3) is 5.91 Å². The zero-order valence-electron chi connectivity index (χ0n) is 13.5. The zero-order chi connectivity index (χ0) is 17.7. The first-order chi connectivity index (χ1) is 11.4. The Morgan fingerprint density at radius 2 is 2.04 bits per heavy atom. The van der Waals surface area contributed by atoms with E-state index in [0.717, 1.165) is 4.47 Å². The van der Waals surface area contributed by atoms with Crippen molar-refractivity contribution in [1.29, 1.82) is 0 Å². The third kappa shape index (κ3) is 4.69. The lowest BCUT2D eigenvalue weighted by Gasteiger charge is -2.07. The molecule has 0 aliphatic carbocycles. The molecule has 7 nitrogen and oxygen atoms in total. The van der Waals surface area contributed by atoms with E-state index in [9.17, 15) is 9.59 Å². The first-order valence-electron chi connectivity index (χ1n) is 7.04. The minimum Gasteiger partial charge on any atom is -0.438 e. The number of anilines is 2. The summed E-state index contributed by atoms with van der Waals surface area (Å²) in [6, 6.07) is 8.33. The first-order valence-corrected chi connectivity index (χ1v) is 7.84. The van der Waals surface area contributed by atoms with Crippen LogP contribution in [0.3, 0.4) is 0 Å². The van der Waals surface area contributed by atoms with Crippen molar-refractivity contribution in [3.8, 4) is 0 Å². The summed E-state index contributed by atoms with van der Waals surface area (Å²) in [6.45, 7) is 1.40. The van der Waals surface area contributed by atoms with Gasteiger partial charge in [-0.05, 0) is 34.1 Å². The van der Waals surface area contributed by atoms with Crippen LogP contribution in [0.5, 0.6) is 0 Å². The molecule has 1 aromatic carbocycles. The average Bonchev–Trinajstić information content (AvgIpc) is 2.88. The Balaban J connectivity index is 2.02. The van der Waals surface area contributed by atoms with E-state index in [1.807, 2.05) is 19.0 Å². The summed E-state index contributed by atoms with van der Waals surface area (Å²) >= 11 is 3.38. The first kappa shape index (κ1) is 17.7. The molecule has 24 heavy (non-hydrogen) atoms. The predicted molar refractivity (Wildman–Crippen MR) is 96.5 cm³/mol. The SMILES string of the molecule is CC(=O)Nc1cccc(C(=O)N/N=C\c2cc(Br)c(N(C)C)o2)c1. The average molecular weight is 393 g/mol. The molecule has 0 spiro atoms. The molecular formula is C16H17BrN4O3. The van der Waals surface area contributed by atoms with E-state index >= 15 is 0 Å². The molecule has 0 saturated heterocycles. The van der Waals surface area contributed by atoms with Crippen LogP contribution in [0.4, 0.5) is 11.6 Å². The molecule has 0 radical (unpaired) electrons. The highest BCUT2D eigenvalue weighted by Gasteiger charge is 2.09. The number of nitrogens with one attached hydrogen (secondary N) is 2. The fourth-order valence-electron chi connectivity index (χ4n) is 1.91. The maximum atomic E-state index is 12.1. The number of hydrogen-bond acceptors (Lipinski definition) is 5. The van der Waals surface area contributed by atoms with Crippen molar-refractivity contribution in [1.82, 2.24) is 5.43 Å². The second kappa shape index (κ2) is 7.78. The Kier molecular flexibility index (Phi) is 5.75. The molecule has 126 valence electrons. The molecule has 2 rings (SSSR count). The molecule has 0 bridgehead atoms. The smallest absolute Gasteiger partial charge is 0.271 e. The van der Waals surface area contributed by atoms with Crippen LogP contribution in [-0.4, -0.2) is 32.1 Å². The fourth-order valence-corrected chi connectivity index (χ4v) is 2.57. The van der Waals surface area contributed by atoms with Crippen LogP contribution in [0, 0.1) is 0 Å². The monoisotopic (exact) mass is 392 g/mol. The van der Waals surface area contributed by atoms with Gasteiger partial charge in [-0.15, -0.1) is 0 Å². The van der Waals surface area contributed by atoms with Crippen molar-refractivity contribution in [3.05, 3.63) is 46.1 Å². The van der Waals surface area contributed by atoms with Crippen LogP contribution in [0.1, 0.15) is 23.0 Å². The van der Waals surface area contributed by atoms with Gasteiger partial charge in [0.15, 0.2) is 5.76 Å². The number of halogens is 1. The molecule has 8 heteroatoms. The molecule has 0 saturated carbocycles. The Hall–Kier alpha value is -2.61. The summed E-state index contributed by atoms with van der Waals surface area (Å²) in [7, 11) is 3.71.